The molecule has 0 unspecified atom stereocenters. The van der Waals surface area contributed by atoms with Crippen LogP contribution in [-0.2, 0) is 0 Å². The van der Waals surface area contributed by atoms with Gasteiger partial charge in [0.15, 0.2) is 0 Å². The van der Waals surface area contributed by atoms with Gasteiger partial charge in [0.05, 0.1) is 11.6 Å². The summed E-state index contributed by atoms with van der Waals surface area (Å²) in [7, 11) is 0. The molecule has 0 bridgehead atoms. The summed E-state index contributed by atoms with van der Waals surface area (Å²) in [6, 6.07) is 5.49. The number of carbonyl (C=O) groups excluding carboxylic acids is 1. The van der Waals surface area contributed by atoms with Crippen molar-refractivity contribution >= 4 is 5.91 Å². The molecule has 1 aromatic carbocycles. The molecule has 1 aliphatic heterocycles. The summed E-state index contributed by atoms with van der Waals surface area (Å²) in [6.45, 7) is 0.931. The zero-order chi connectivity index (χ0) is 13.1. The van der Waals surface area contributed by atoms with Crippen LogP contribution in [0.1, 0.15) is 23.2 Å². The van der Waals surface area contributed by atoms with Crippen LogP contribution in [0.15, 0.2) is 18.2 Å². The van der Waals surface area contributed by atoms with Crippen LogP contribution in [0.5, 0.6) is 5.75 Å². The Hall–Kier alpha value is -2.09. The molecule has 0 saturated carbocycles. The van der Waals surface area contributed by atoms with Gasteiger partial charge in [0.2, 0.25) is 0 Å². The average molecular weight is 248 g/mol. The molecule has 0 radical (unpaired) electrons. The normalized spacial score (nSPS) is 16.3. The second kappa shape index (κ2) is 5.05. The van der Waals surface area contributed by atoms with E-state index in [-0.39, 0.29) is 23.1 Å². The van der Waals surface area contributed by atoms with Gasteiger partial charge in [0.1, 0.15) is 11.6 Å². The van der Waals surface area contributed by atoms with Crippen LogP contribution in [0.25, 0.3) is 0 Å². The lowest BCUT2D eigenvalue weighted by molar-refractivity contribution is 0.0703. The number of hydrogen-bond acceptors (Lipinski definition) is 3. The first kappa shape index (κ1) is 12.4. The van der Waals surface area contributed by atoms with Crippen molar-refractivity contribution < 1.29 is 14.3 Å². The number of piperidine rings is 1. The van der Waals surface area contributed by atoms with Gasteiger partial charge in [0.25, 0.3) is 5.91 Å². The Labute approximate surface area is 104 Å². The second-order valence-electron chi connectivity index (χ2n) is 4.36. The van der Waals surface area contributed by atoms with E-state index in [1.807, 2.05) is 0 Å². The quantitative estimate of drug-likeness (QED) is 0.825. The number of benzene rings is 1. The molecule has 18 heavy (non-hydrogen) atoms. The third-order valence-corrected chi connectivity index (χ3v) is 3.15. The molecule has 1 aliphatic rings. The fourth-order valence-corrected chi connectivity index (χ4v) is 2.06. The number of nitriles is 1. The minimum atomic E-state index is -0.553. The maximum atomic E-state index is 13.1. The molecule has 0 spiro atoms. The molecule has 2 rings (SSSR count). The number of aromatic hydroxyl groups is 1. The average Bonchev–Trinajstić information content (AvgIpc) is 2.41. The largest absolute Gasteiger partial charge is 0.507 e. The minimum Gasteiger partial charge on any atom is -0.507 e. The summed E-state index contributed by atoms with van der Waals surface area (Å²) < 4.78 is 13.1. The minimum absolute atomic E-state index is 0.0184. The highest BCUT2D eigenvalue weighted by atomic mass is 19.1. The van der Waals surface area contributed by atoms with E-state index in [1.54, 1.807) is 4.90 Å². The molecule has 1 aromatic rings. The molecule has 1 heterocycles. The predicted molar refractivity (Wildman–Crippen MR) is 62.3 cm³/mol. The number of phenols is 1. The van der Waals surface area contributed by atoms with Crippen molar-refractivity contribution in [3.63, 3.8) is 0 Å². The number of halogens is 1. The van der Waals surface area contributed by atoms with Crippen molar-refractivity contribution in [1.29, 1.82) is 5.26 Å². The molecule has 1 fully saturated rings. The van der Waals surface area contributed by atoms with Gasteiger partial charge < -0.3 is 10.0 Å². The fraction of sp³-hybridized carbons (Fsp3) is 0.385. The van der Waals surface area contributed by atoms with Gasteiger partial charge in [-0.05, 0) is 31.0 Å². The molecular formula is C13H13FN2O2. The zero-order valence-corrected chi connectivity index (χ0v) is 9.77. The van der Waals surface area contributed by atoms with Gasteiger partial charge in [-0.3, -0.25) is 4.79 Å². The van der Waals surface area contributed by atoms with Gasteiger partial charge >= 0.3 is 0 Å². The van der Waals surface area contributed by atoms with Crippen LogP contribution in [0.2, 0.25) is 0 Å². The van der Waals surface area contributed by atoms with E-state index >= 15 is 0 Å². The molecule has 1 saturated heterocycles. The highest BCUT2D eigenvalue weighted by Crippen LogP contribution is 2.23. The topological polar surface area (TPSA) is 64.3 Å². The van der Waals surface area contributed by atoms with Crippen LogP contribution in [0.3, 0.4) is 0 Å². The summed E-state index contributed by atoms with van der Waals surface area (Å²) in [5.41, 5.74) is -0.0228. The van der Waals surface area contributed by atoms with Crippen molar-refractivity contribution in [2.24, 2.45) is 5.92 Å². The summed E-state index contributed by atoms with van der Waals surface area (Å²) in [5.74, 6) is -1.18. The summed E-state index contributed by atoms with van der Waals surface area (Å²) in [4.78, 5) is 13.6. The predicted octanol–water partition coefficient (Wildman–Crippen LogP) is 1.91. The lowest BCUT2D eigenvalue weighted by Gasteiger charge is -2.29. The number of rotatable bonds is 1. The van der Waals surface area contributed by atoms with Crippen LogP contribution in [0, 0.1) is 23.1 Å². The maximum Gasteiger partial charge on any atom is 0.257 e. The number of nitrogens with zero attached hydrogens (tertiary/aromatic N) is 2. The molecule has 0 aromatic heterocycles. The second-order valence-corrected chi connectivity index (χ2v) is 4.36. The molecule has 4 nitrogen and oxygen atoms in total. The molecule has 5 heteroatoms. The first-order valence-electron chi connectivity index (χ1n) is 5.79. The van der Waals surface area contributed by atoms with Crippen LogP contribution >= 0.6 is 0 Å². The lowest BCUT2D eigenvalue weighted by Crippen LogP contribution is -2.38. The van der Waals surface area contributed by atoms with Crippen LogP contribution in [0.4, 0.5) is 4.39 Å². The van der Waals surface area contributed by atoms with E-state index in [1.165, 1.54) is 6.07 Å². The van der Waals surface area contributed by atoms with Gasteiger partial charge in [-0.1, -0.05) is 0 Å². The van der Waals surface area contributed by atoms with E-state index in [0.717, 1.165) is 12.1 Å². The monoisotopic (exact) mass is 248 g/mol. The van der Waals surface area contributed by atoms with E-state index in [2.05, 4.69) is 6.07 Å². The van der Waals surface area contributed by atoms with Crippen molar-refractivity contribution in [3.8, 4) is 11.8 Å². The van der Waals surface area contributed by atoms with Gasteiger partial charge in [-0.2, -0.15) is 5.26 Å². The first-order chi connectivity index (χ1) is 8.61. The first-order valence-corrected chi connectivity index (χ1v) is 5.79. The summed E-state index contributed by atoms with van der Waals surface area (Å²) >= 11 is 0. The van der Waals surface area contributed by atoms with Crippen LogP contribution in [-0.4, -0.2) is 29.0 Å². The summed E-state index contributed by atoms with van der Waals surface area (Å²) in [5, 5.41) is 18.3. The van der Waals surface area contributed by atoms with E-state index < -0.39 is 5.82 Å². The van der Waals surface area contributed by atoms with Crippen molar-refractivity contribution in [1.82, 2.24) is 4.90 Å². The number of hydrogen-bond donors (Lipinski definition) is 1. The molecule has 1 N–H and O–H groups in total. The van der Waals surface area contributed by atoms with Crippen LogP contribution < -0.4 is 0 Å². The molecular weight excluding hydrogens is 235 g/mol. The molecule has 0 atom stereocenters. The maximum absolute atomic E-state index is 13.1. The Morgan fingerprint density at radius 3 is 2.72 bits per heavy atom. The number of carbonyl (C=O) groups is 1. The molecule has 1 amide bonds. The molecule has 94 valence electrons. The standard InChI is InChI=1S/C13H13FN2O2/c14-10-1-2-12(17)11(7-10)13(18)16-5-3-9(8-15)4-6-16/h1-2,7,9,17H,3-6H2. The van der Waals surface area contributed by atoms with Crippen molar-refractivity contribution in [2.75, 3.05) is 13.1 Å². The lowest BCUT2D eigenvalue weighted by atomic mass is 9.98. The fourth-order valence-electron chi connectivity index (χ4n) is 2.06. The van der Waals surface area contributed by atoms with Crippen molar-refractivity contribution in [3.05, 3.63) is 29.6 Å². The number of likely N-dealkylation sites (tertiary alicyclic amines) is 1. The van der Waals surface area contributed by atoms with Gasteiger partial charge in [-0.15, -0.1) is 0 Å². The van der Waals surface area contributed by atoms with E-state index in [4.69, 9.17) is 5.26 Å². The smallest absolute Gasteiger partial charge is 0.257 e. The third-order valence-electron chi connectivity index (χ3n) is 3.15. The Bertz CT molecular complexity index is 502. The Morgan fingerprint density at radius 2 is 2.11 bits per heavy atom. The Kier molecular flexibility index (Phi) is 3.47. The van der Waals surface area contributed by atoms with E-state index in [9.17, 15) is 14.3 Å². The third kappa shape index (κ3) is 2.43. The summed E-state index contributed by atoms with van der Waals surface area (Å²) in [6.07, 6.45) is 1.25. The van der Waals surface area contributed by atoms with Gasteiger partial charge in [-0.25, -0.2) is 4.39 Å². The highest BCUT2D eigenvalue weighted by molar-refractivity contribution is 5.96. The Balaban J connectivity index is 2.13. The number of amides is 1. The van der Waals surface area contributed by atoms with Crippen molar-refractivity contribution in [2.45, 2.75) is 12.8 Å². The highest BCUT2D eigenvalue weighted by Gasteiger charge is 2.25. The van der Waals surface area contributed by atoms with Gasteiger partial charge in [0, 0.05) is 19.0 Å². The zero-order valence-electron chi connectivity index (χ0n) is 9.77. The number of phenolic OH excluding ortho intramolecular Hbond substituents is 1. The van der Waals surface area contributed by atoms with E-state index in [0.29, 0.717) is 25.9 Å². The SMILES string of the molecule is N#CC1CCN(C(=O)c2cc(F)ccc2O)CC1. The molecule has 0 aliphatic carbocycles. The Morgan fingerprint density at radius 1 is 1.44 bits per heavy atom.